The molecule has 3 nitrogen and oxygen atoms in total. The first-order valence-electron chi connectivity index (χ1n) is 6.14. The molecule has 6 bridgehead atoms. The zero-order chi connectivity index (χ0) is 11.6. The van der Waals surface area contributed by atoms with Crippen LogP contribution < -0.4 is 0 Å². The Morgan fingerprint density at radius 2 is 2.24 bits per heavy atom. The van der Waals surface area contributed by atoms with Gasteiger partial charge in [0.2, 0.25) is 0 Å². The number of allylic oxidation sites excluding steroid dienone is 1. The number of nitrogens with zero attached hydrogens (tertiary/aromatic N) is 2. The van der Waals surface area contributed by atoms with Crippen molar-refractivity contribution in [1.82, 2.24) is 0 Å². The van der Waals surface area contributed by atoms with E-state index in [2.05, 4.69) is 24.3 Å². The Morgan fingerprint density at radius 3 is 3.00 bits per heavy atom. The van der Waals surface area contributed by atoms with Crippen molar-refractivity contribution >= 4 is 0 Å². The van der Waals surface area contributed by atoms with E-state index in [1.807, 2.05) is 0 Å². The van der Waals surface area contributed by atoms with Gasteiger partial charge in [0.15, 0.2) is 0 Å². The highest BCUT2D eigenvalue weighted by molar-refractivity contribution is 5.42. The standard InChI is InChI=1S/C14H12N2O/c15-5-3-8-9-7-12-13(8)11-2-1-10(9)14(11,17-12)4-6-16/h1-3,9-13H,4,7H2/b8-3+/t9-,10+,11+,12-,13-,14+/m1/s1. The Morgan fingerprint density at radius 1 is 1.41 bits per heavy atom. The van der Waals surface area contributed by atoms with E-state index < -0.39 is 0 Å². The maximum Gasteiger partial charge on any atom is 0.0952 e. The molecule has 0 amide bonds. The normalized spacial score (nSPS) is 54.2. The summed E-state index contributed by atoms with van der Waals surface area (Å²) in [7, 11) is 0. The molecule has 4 fully saturated rings. The minimum absolute atomic E-state index is 0.249. The predicted octanol–water partition coefficient (Wildman–Crippen LogP) is 1.94. The highest BCUT2D eigenvalue weighted by atomic mass is 16.5. The average molecular weight is 224 g/mol. The van der Waals surface area contributed by atoms with E-state index in [-0.39, 0.29) is 11.7 Å². The Hall–Kier alpha value is -1.58. The van der Waals surface area contributed by atoms with Crippen LogP contribution in [0.5, 0.6) is 0 Å². The van der Waals surface area contributed by atoms with Gasteiger partial charge in [0.25, 0.3) is 0 Å². The van der Waals surface area contributed by atoms with Gasteiger partial charge in [0.05, 0.1) is 30.3 Å². The van der Waals surface area contributed by atoms with Crippen LogP contribution >= 0.6 is 0 Å². The first-order valence-corrected chi connectivity index (χ1v) is 6.14. The third-order valence-electron chi connectivity index (χ3n) is 5.13. The zero-order valence-electron chi connectivity index (χ0n) is 9.34. The molecule has 0 spiro atoms. The van der Waals surface area contributed by atoms with Gasteiger partial charge in [0, 0.05) is 23.8 Å². The first-order chi connectivity index (χ1) is 8.31. The van der Waals surface area contributed by atoms with Crippen molar-refractivity contribution in [2.75, 3.05) is 0 Å². The van der Waals surface area contributed by atoms with E-state index in [4.69, 9.17) is 15.3 Å². The summed E-state index contributed by atoms with van der Waals surface area (Å²) in [5.74, 6) is 1.46. The molecule has 0 N–H and O–H groups in total. The molecule has 5 aliphatic rings. The second-order valence-corrected chi connectivity index (χ2v) is 5.52. The van der Waals surface area contributed by atoms with E-state index in [1.54, 1.807) is 6.08 Å². The molecule has 2 heterocycles. The number of ether oxygens (including phenoxy) is 1. The Kier molecular flexibility index (Phi) is 1.56. The summed E-state index contributed by atoms with van der Waals surface area (Å²) in [5.41, 5.74) is 1.03. The highest BCUT2D eigenvalue weighted by Crippen LogP contribution is 2.68. The molecule has 0 aromatic rings. The van der Waals surface area contributed by atoms with Gasteiger partial charge in [0.1, 0.15) is 0 Å². The Labute approximate surface area is 100.0 Å². The number of rotatable bonds is 1. The Balaban J connectivity index is 1.87. The molecule has 2 saturated heterocycles. The summed E-state index contributed by atoms with van der Waals surface area (Å²) in [6, 6.07) is 4.48. The third-order valence-corrected chi connectivity index (χ3v) is 5.13. The van der Waals surface area contributed by atoms with Gasteiger partial charge >= 0.3 is 0 Å². The molecular formula is C14H12N2O. The summed E-state index contributed by atoms with van der Waals surface area (Å²) in [6.45, 7) is 0. The second-order valence-electron chi connectivity index (χ2n) is 5.52. The molecule has 5 rings (SSSR count). The van der Waals surface area contributed by atoms with Gasteiger partial charge in [-0.05, 0) is 17.9 Å². The zero-order valence-corrected chi connectivity index (χ0v) is 9.34. The molecule has 2 saturated carbocycles. The lowest BCUT2D eigenvalue weighted by Gasteiger charge is -2.43. The van der Waals surface area contributed by atoms with Crippen LogP contribution in [0.1, 0.15) is 12.8 Å². The maximum atomic E-state index is 9.04. The number of hydrogen-bond donors (Lipinski definition) is 0. The molecule has 0 aromatic carbocycles. The average Bonchev–Trinajstić information content (AvgIpc) is 2.79. The molecule has 0 radical (unpaired) electrons. The molecule has 84 valence electrons. The maximum absolute atomic E-state index is 9.04. The fraction of sp³-hybridized carbons (Fsp3) is 0.571. The first kappa shape index (κ1) is 9.45. The number of nitriles is 2. The monoisotopic (exact) mass is 224 g/mol. The van der Waals surface area contributed by atoms with Crippen molar-refractivity contribution in [3.63, 3.8) is 0 Å². The molecule has 3 aliphatic carbocycles. The minimum atomic E-state index is -0.250. The van der Waals surface area contributed by atoms with Gasteiger partial charge in [-0.1, -0.05) is 12.2 Å². The highest BCUT2D eigenvalue weighted by Gasteiger charge is 2.70. The summed E-state index contributed by atoms with van der Waals surface area (Å²) >= 11 is 0. The van der Waals surface area contributed by atoms with Crippen LogP contribution in [0.15, 0.2) is 23.8 Å². The molecular weight excluding hydrogens is 212 g/mol. The van der Waals surface area contributed by atoms with Crippen LogP contribution in [-0.4, -0.2) is 11.7 Å². The quantitative estimate of drug-likeness (QED) is 0.505. The van der Waals surface area contributed by atoms with Crippen LogP contribution in [0, 0.1) is 46.3 Å². The summed E-state index contributed by atoms with van der Waals surface area (Å²) < 4.78 is 6.21. The second kappa shape index (κ2) is 2.81. The van der Waals surface area contributed by atoms with E-state index in [9.17, 15) is 0 Å². The fourth-order valence-electron chi connectivity index (χ4n) is 4.71. The molecule has 0 unspecified atom stereocenters. The van der Waals surface area contributed by atoms with E-state index in [0.29, 0.717) is 30.1 Å². The molecule has 6 atom stereocenters. The van der Waals surface area contributed by atoms with E-state index >= 15 is 0 Å². The fourth-order valence-corrected chi connectivity index (χ4v) is 4.71. The predicted molar refractivity (Wildman–Crippen MR) is 59.2 cm³/mol. The van der Waals surface area contributed by atoms with Crippen molar-refractivity contribution in [3.05, 3.63) is 23.8 Å². The van der Waals surface area contributed by atoms with Crippen LogP contribution in [0.4, 0.5) is 0 Å². The van der Waals surface area contributed by atoms with Gasteiger partial charge in [-0.3, -0.25) is 0 Å². The Bertz CT molecular complexity index is 525. The molecule has 17 heavy (non-hydrogen) atoms. The van der Waals surface area contributed by atoms with Gasteiger partial charge in [-0.15, -0.1) is 0 Å². The lowest BCUT2D eigenvalue weighted by Crippen LogP contribution is -2.47. The number of hydrogen-bond acceptors (Lipinski definition) is 3. The largest absolute Gasteiger partial charge is 0.369 e. The van der Waals surface area contributed by atoms with Gasteiger partial charge in [-0.2, -0.15) is 10.5 Å². The van der Waals surface area contributed by atoms with Crippen LogP contribution in [0.25, 0.3) is 0 Å². The lowest BCUT2D eigenvalue weighted by molar-refractivity contribution is -0.113. The van der Waals surface area contributed by atoms with Crippen molar-refractivity contribution in [2.24, 2.45) is 23.7 Å². The van der Waals surface area contributed by atoms with E-state index in [0.717, 1.165) is 6.42 Å². The van der Waals surface area contributed by atoms with Gasteiger partial charge in [-0.25, -0.2) is 0 Å². The summed E-state index contributed by atoms with van der Waals surface area (Å²) in [4.78, 5) is 0. The van der Waals surface area contributed by atoms with Crippen LogP contribution in [0.2, 0.25) is 0 Å². The third kappa shape index (κ3) is 0.841. The smallest absolute Gasteiger partial charge is 0.0952 e. The molecule has 2 aliphatic heterocycles. The van der Waals surface area contributed by atoms with Crippen LogP contribution in [-0.2, 0) is 4.74 Å². The van der Waals surface area contributed by atoms with Crippen molar-refractivity contribution in [3.8, 4) is 12.1 Å². The molecule has 0 aromatic heterocycles. The van der Waals surface area contributed by atoms with Crippen molar-refractivity contribution in [1.29, 1.82) is 10.5 Å². The summed E-state index contributed by atoms with van der Waals surface area (Å²) in [5, 5.41) is 17.9. The summed E-state index contributed by atoms with van der Waals surface area (Å²) in [6.07, 6.45) is 7.96. The minimum Gasteiger partial charge on any atom is -0.369 e. The van der Waals surface area contributed by atoms with Crippen LogP contribution in [0.3, 0.4) is 0 Å². The SMILES string of the molecule is N#C/C=C1/[C@H]2[C@H]3C[C@H]1[C@@H]1C=C[C@@H]2[C@@]1(CC#N)O3. The topological polar surface area (TPSA) is 56.8 Å². The van der Waals surface area contributed by atoms with Gasteiger partial charge < -0.3 is 4.74 Å². The molecule has 3 heteroatoms. The van der Waals surface area contributed by atoms with E-state index in [1.165, 1.54) is 5.57 Å². The lowest BCUT2D eigenvalue weighted by atomic mass is 9.65. The van der Waals surface area contributed by atoms with Crippen molar-refractivity contribution in [2.45, 2.75) is 24.5 Å². The van der Waals surface area contributed by atoms with Crippen molar-refractivity contribution < 1.29 is 4.74 Å².